The number of amides is 1. The summed E-state index contributed by atoms with van der Waals surface area (Å²) in [6, 6.07) is 3.83. The van der Waals surface area contributed by atoms with Crippen LogP contribution < -0.4 is 0 Å². The summed E-state index contributed by atoms with van der Waals surface area (Å²) in [5.41, 5.74) is 0.141. The van der Waals surface area contributed by atoms with Gasteiger partial charge in [-0.05, 0) is 24.6 Å². The molecular formula is C12H15Cl2NO3S. The standard InChI is InChI=1S/C12H15Cl2NO3S/c1-3-4-7-15(2)12(16)10-8-9(19(14,17)18)5-6-11(10)13/h5-6,8H,3-4,7H2,1-2H3. The first-order valence-corrected chi connectivity index (χ1v) is 8.45. The van der Waals surface area contributed by atoms with Gasteiger partial charge in [-0.15, -0.1) is 0 Å². The van der Waals surface area contributed by atoms with Crippen molar-refractivity contribution in [2.24, 2.45) is 0 Å². The van der Waals surface area contributed by atoms with Gasteiger partial charge in [0.15, 0.2) is 0 Å². The highest BCUT2D eigenvalue weighted by Gasteiger charge is 2.19. The SMILES string of the molecule is CCCCN(C)C(=O)c1cc(S(=O)(=O)Cl)ccc1Cl. The van der Waals surface area contributed by atoms with E-state index in [1.54, 1.807) is 7.05 Å². The number of nitrogens with zero attached hydrogens (tertiary/aromatic N) is 1. The number of benzene rings is 1. The van der Waals surface area contributed by atoms with Crippen LogP contribution in [0.1, 0.15) is 30.1 Å². The van der Waals surface area contributed by atoms with E-state index >= 15 is 0 Å². The van der Waals surface area contributed by atoms with Gasteiger partial charge in [0.1, 0.15) is 0 Å². The second kappa shape index (κ2) is 6.59. The molecule has 4 nitrogen and oxygen atoms in total. The number of carbonyl (C=O) groups excluding carboxylic acids is 1. The highest BCUT2D eigenvalue weighted by atomic mass is 35.7. The van der Waals surface area contributed by atoms with Gasteiger partial charge in [0.2, 0.25) is 0 Å². The third-order valence-electron chi connectivity index (χ3n) is 2.64. The van der Waals surface area contributed by atoms with Crippen molar-refractivity contribution in [3.63, 3.8) is 0 Å². The van der Waals surface area contributed by atoms with Crippen LogP contribution in [0.2, 0.25) is 5.02 Å². The molecule has 0 aliphatic heterocycles. The minimum Gasteiger partial charge on any atom is -0.342 e. The van der Waals surface area contributed by atoms with E-state index in [1.165, 1.54) is 23.1 Å². The molecule has 0 saturated heterocycles. The molecule has 7 heteroatoms. The molecule has 1 rings (SSSR count). The van der Waals surface area contributed by atoms with Crippen LogP contribution in [0, 0.1) is 0 Å². The van der Waals surface area contributed by atoms with Crippen LogP contribution >= 0.6 is 22.3 Å². The molecule has 1 aromatic carbocycles. The molecule has 0 N–H and O–H groups in total. The second-order valence-electron chi connectivity index (χ2n) is 4.16. The van der Waals surface area contributed by atoms with Crippen molar-refractivity contribution in [2.75, 3.05) is 13.6 Å². The van der Waals surface area contributed by atoms with Crippen molar-refractivity contribution in [3.05, 3.63) is 28.8 Å². The van der Waals surface area contributed by atoms with E-state index in [0.29, 0.717) is 6.54 Å². The van der Waals surface area contributed by atoms with Crippen LogP contribution in [-0.4, -0.2) is 32.8 Å². The molecule has 106 valence electrons. The molecule has 0 heterocycles. The summed E-state index contributed by atoms with van der Waals surface area (Å²) in [6.45, 7) is 2.61. The molecule has 0 aromatic heterocycles. The van der Waals surface area contributed by atoms with Crippen LogP contribution in [-0.2, 0) is 9.05 Å². The average molecular weight is 324 g/mol. The maximum absolute atomic E-state index is 12.2. The lowest BCUT2D eigenvalue weighted by Gasteiger charge is -2.17. The molecule has 0 fully saturated rings. The molecule has 0 radical (unpaired) electrons. The fraction of sp³-hybridized carbons (Fsp3) is 0.417. The van der Waals surface area contributed by atoms with Gasteiger partial charge < -0.3 is 4.90 Å². The van der Waals surface area contributed by atoms with E-state index in [4.69, 9.17) is 22.3 Å². The molecule has 0 unspecified atom stereocenters. The van der Waals surface area contributed by atoms with E-state index in [2.05, 4.69) is 0 Å². The lowest BCUT2D eigenvalue weighted by Crippen LogP contribution is -2.28. The third kappa shape index (κ3) is 4.37. The monoisotopic (exact) mass is 323 g/mol. The Morgan fingerprint density at radius 2 is 2.00 bits per heavy atom. The molecule has 0 bridgehead atoms. The van der Waals surface area contributed by atoms with Gasteiger partial charge in [-0.25, -0.2) is 8.42 Å². The van der Waals surface area contributed by atoms with Gasteiger partial charge in [-0.3, -0.25) is 4.79 Å². The Kier molecular flexibility index (Phi) is 5.64. The molecule has 0 spiro atoms. The van der Waals surface area contributed by atoms with Crippen LogP contribution in [0.4, 0.5) is 0 Å². The van der Waals surface area contributed by atoms with Crippen molar-refractivity contribution < 1.29 is 13.2 Å². The minimum absolute atomic E-state index is 0.134. The third-order valence-corrected chi connectivity index (χ3v) is 4.32. The van der Waals surface area contributed by atoms with E-state index in [0.717, 1.165) is 12.8 Å². The van der Waals surface area contributed by atoms with Gasteiger partial charge >= 0.3 is 0 Å². The van der Waals surface area contributed by atoms with Crippen molar-refractivity contribution in [2.45, 2.75) is 24.7 Å². The van der Waals surface area contributed by atoms with Gasteiger partial charge in [0, 0.05) is 24.3 Å². The smallest absolute Gasteiger partial charge is 0.261 e. The molecule has 1 amide bonds. The molecule has 0 aliphatic carbocycles. The molecule has 0 atom stereocenters. The minimum atomic E-state index is -3.88. The Bertz CT molecular complexity index is 572. The number of unbranched alkanes of at least 4 members (excludes halogenated alkanes) is 1. The number of hydrogen-bond donors (Lipinski definition) is 0. The van der Waals surface area contributed by atoms with Crippen molar-refractivity contribution >= 4 is 37.2 Å². The number of hydrogen-bond acceptors (Lipinski definition) is 3. The maximum atomic E-state index is 12.2. The Balaban J connectivity index is 3.09. The maximum Gasteiger partial charge on any atom is 0.261 e. The van der Waals surface area contributed by atoms with Gasteiger partial charge in [0.25, 0.3) is 15.0 Å². The zero-order valence-corrected chi connectivity index (χ0v) is 13.0. The number of carbonyl (C=O) groups is 1. The van der Waals surface area contributed by atoms with Crippen LogP contribution in [0.3, 0.4) is 0 Å². The van der Waals surface area contributed by atoms with E-state index < -0.39 is 9.05 Å². The summed E-state index contributed by atoms with van der Waals surface area (Å²) in [5, 5.41) is 0.206. The first kappa shape index (κ1) is 16.3. The van der Waals surface area contributed by atoms with Crippen molar-refractivity contribution in [1.29, 1.82) is 0 Å². The van der Waals surface area contributed by atoms with Crippen molar-refractivity contribution in [1.82, 2.24) is 4.90 Å². The van der Waals surface area contributed by atoms with Gasteiger partial charge in [-0.2, -0.15) is 0 Å². The second-order valence-corrected chi connectivity index (χ2v) is 7.13. The van der Waals surface area contributed by atoms with E-state index in [1.807, 2.05) is 6.92 Å². The summed E-state index contributed by atoms with van der Waals surface area (Å²) >= 11 is 5.93. The zero-order chi connectivity index (χ0) is 14.6. The highest BCUT2D eigenvalue weighted by molar-refractivity contribution is 8.13. The normalized spacial score (nSPS) is 11.4. The zero-order valence-electron chi connectivity index (χ0n) is 10.7. The fourth-order valence-electron chi connectivity index (χ4n) is 1.52. The van der Waals surface area contributed by atoms with E-state index in [-0.39, 0.29) is 21.4 Å². The topological polar surface area (TPSA) is 54.5 Å². The van der Waals surface area contributed by atoms with Crippen LogP contribution in [0.25, 0.3) is 0 Å². The molecule has 1 aromatic rings. The van der Waals surface area contributed by atoms with E-state index in [9.17, 15) is 13.2 Å². The number of rotatable bonds is 5. The molecule has 0 aliphatic rings. The quantitative estimate of drug-likeness (QED) is 0.782. The highest BCUT2D eigenvalue weighted by Crippen LogP contribution is 2.23. The summed E-state index contributed by atoms with van der Waals surface area (Å²) < 4.78 is 22.5. The summed E-state index contributed by atoms with van der Waals surface area (Å²) in [7, 11) is 3.03. The van der Waals surface area contributed by atoms with Crippen LogP contribution in [0.15, 0.2) is 23.1 Å². The Labute approximate surface area is 122 Å². The molecule has 19 heavy (non-hydrogen) atoms. The summed E-state index contributed by atoms with van der Waals surface area (Å²) in [4.78, 5) is 13.5. The molecule has 0 saturated carbocycles. The lowest BCUT2D eigenvalue weighted by atomic mass is 10.2. The Morgan fingerprint density at radius 3 is 2.53 bits per heavy atom. The number of halogens is 2. The lowest BCUT2D eigenvalue weighted by molar-refractivity contribution is 0.0793. The summed E-state index contributed by atoms with van der Waals surface area (Å²) in [5.74, 6) is -0.319. The van der Waals surface area contributed by atoms with Crippen LogP contribution in [0.5, 0.6) is 0 Å². The predicted molar refractivity (Wildman–Crippen MR) is 76.4 cm³/mol. The Morgan fingerprint density at radius 1 is 1.37 bits per heavy atom. The van der Waals surface area contributed by atoms with Crippen molar-refractivity contribution in [3.8, 4) is 0 Å². The predicted octanol–water partition coefficient (Wildman–Crippen LogP) is 3.14. The largest absolute Gasteiger partial charge is 0.342 e. The average Bonchev–Trinajstić information content (AvgIpc) is 2.34. The first-order valence-electron chi connectivity index (χ1n) is 5.77. The first-order chi connectivity index (χ1) is 8.77. The fourth-order valence-corrected chi connectivity index (χ4v) is 2.50. The van der Waals surface area contributed by atoms with Gasteiger partial charge in [-0.1, -0.05) is 24.9 Å². The molecular weight excluding hydrogens is 309 g/mol. The van der Waals surface area contributed by atoms with Gasteiger partial charge in [0.05, 0.1) is 15.5 Å². The summed E-state index contributed by atoms with van der Waals surface area (Å²) in [6.07, 6.45) is 1.83. The Hall–Kier alpha value is -0.780.